The minimum absolute atomic E-state index is 0.0621. The smallest absolute Gasteiger partial charge is 0.224 e. The van der Waals surface area contributed by atoms with Gasteiger partial charge in [-0.3, -0.25) is 4.79 Å². The van der Waals surface area contributed by atoms with E-state index in [4.69, 9.17) is 5.11 Å². The molecular formula is C12H15F2NO2. The predicted octanol–water partition coefficient (Wildman–Crippen LogP) is 2.37. The van der Waals surface area contributed by atoms with Crippen LogP contribution >= 0.6 is 0 Å². The van der Waals surface area contributed by atoms with Crippen molar-refractivity contribution in [3.8, 4) is 0 Å². The van der Waals surface area contributed by atoms with Crippen LogP contribution in [0.3, 0.4) is 0 Å². The number of aliphatic hydroxyl groups excluding tert-OH is 1. The Morgan fingerprint density at radius 1 is 1.41 bits per heavy atom. The average molecular weight is 243 g/mol. The highest BCUT2D eigenvalue weighted by atomic mass is 19.1. The second-order valence-corrected chi connectivity index (χ2v) is 4.02. The minimum Gasteiger partial charge on any atom is -0.393 e. The Morgan fingerprint density at radius 2 is 2.06 bits per heavy atom. The topological polar surface area (TPSA) is 49.3 Å². The summed E-state index contributed by atoms with van der Waals surface area (Å²) in [5, 5.41) is 11.3. The largest absolute Gasteiger partial charge is 0.393 e. The second kappa shape index (κ2) is 5.72. The van der Waals surface area contributed by atoms with Gasteiger partial charge < -0.3 is 10.4 Å². The molecule has 1 amide bonds. The molecule has 5 heteroatoms. The molecule has 0 aromatic heterocycles. The molecule has 0 saturated carbocycles. The summed E-state index contributed by atoms with van der Waals surface area (Å²) < 4.78 is 26.5. The molecule has 1 aromatic carbocycles. The molecule has 0 aliphatic rings. The van der Waals surface area contributed by atoms with Gasteiger partial charge in [-0.05, 0) is 31.9 Å². The molecular weight excluding hydrogens is 228 g/mol. The molecule has 3 nitrogen and oxygen atoms in total. The Labute approximate surface area is 98.5 Å². The van der Waals surface area contributed by atoms with Crippen LogP contribution in [0, 0.1) is 18.6 Å². The number of hydrogen-bond acceptors (Lipinski definition) is 2. The van der Waals surface area contributed by atoms with Gasteiger partial charge in [0.1, 0.15) is 11.6 Å². The van der Waals surface area contributed by atoms with Crippen molar-refractivity contribution in [2.75, 3.05) is 5.32 Å². The van der Waals surface area contributed by atoms with Crippen LogP contribution in [0.15, 0.2) is 12.1 Å². The molecule has 1 rings (SSSR count). The molecule has 0 aliphatic heterocycles. The normalized spacial score (nSPS) is 12.3. The first-order valence-corrected chi connectivity index (χ1v) is 5.33. The number of halogens is 2. The first-order valence-electron chi connectivity index (χ1n) is 5.33. The Hall–Kier alpha value is -1.49. The van der Waals surface area contributed by atoms with Crippen molar-refractivity contribution in [2.45, 2.75) is 32.8 Å². The molecule has 1 atom stereocenters. The Morgan fingerprint density at radius 3 is 2.65 bits per heavy atom. The van der Waals surface area contributed by atoms with Gasteiger partial charge in [-0.25, -0.2) is 8.78 Å². The van der Waals surface area contributed by atoms with Gasteiger partial charge in [0.25, 0.3) is 0 Å². The number of rotatable bonds is 4. The van der Waals surface area contributed by atoms with Gasteiger partial charge in [0.15, 0.2) is 0 Å². The molecule has 94 valence electrons. The van der Waals surface area contributed by atoms with Gasteiger partial charge in [-0.15, -0.1) is 0 Å². The summed E-state index contributed by atoms with van der Waals surface area (Å²) in [5.74, 6) is -1.69. The summed E-state index contributed by atoms with van der Waals surface area (Å²) in [4.78, 5) is 11.4. The van der Waals surface area contributed by atoms with E-state index in [0.29, 0.717) is 0 Å². The third kappa shape index (κ3) is 4.11. The average Bonchev–Trinajstić information content (AvgIpc) is 2.23. The summed E-state index contributed by atoms with van der Waals surface area (Å²) in [6.07, 6.45) is -0.255. The van der Waals surface area contributed by atoms with E-state index in [2.05, 4.69) is 5.32 Å². The lowest BCUT2D eigenvalue weighted by Gasteiger charge is -2.08. The molecule has 0 fully saturated rings. The first kappa shape index (κ1) is 13.6. The SMILES string of the molecule is Cc1cc(F)c(NC(=O)CCC(C)O)cc1F. The van der Waals surface area contributed by atoms with Crippen molar-refractivity contribution < 1.29 is 18.7 Å². The quantitative estimate of drug-likeness (QED) is 0.853. The maximum absolute atomic E-state index is 13.4. The van der Waals surface area contributed by atoms with Crippen LogP contribution in [-0.4, -0.2) is 17.1 Å². The molecule has 0 radical (unpaired) electrons. The zero-order chi connectivity index (χ0) is 13.0. The van der Waals surface area contributed by atoms with Crippen LogP contribution in [0.2, 0.25) is 0 Å². The van der Waals surface area contributed by atoms with E-state index in [1.807, 2.05) is 0 Å². The van der Waals surface area contributed by atoms with Crippen molar-refractivity contribution in [3.05, 3.63) is 29.3 Å². The van der Waals surface area contributed by atoms with Crippen LogP contribution in [0.25, 0.3) is 0 Å². The number of aryl methyl sites for hydroxylation is 1. The third-order valence-corrected chi connectivity index (χ3v) is 2.31. The summed E-state index contributed by atoms with van der Waals surface area (Å²) in [7, 11) is 0. The molecule has 1 unspecified atom stereocenters. The fourth-order valence-corrected chi connectivity index (χ4v) is 1.29. The molecule has 0 saturated heterocycles. The van der Waals surface area contributed by atoms with Crippen molar-refractivity contribution >= 4 is 11.6 Å². The van der Waals surface area contributed by atoms with E-state index in [0.717, 1.165) is 12.1 Å². The minimum atomic E-state index is -0.672. The highest BCUT2D eigenvalue weighted by Gasteiger charge is 2.11. The molecule has 0 bridgehead atoms. The number of hydrogen-bond donors (Lipinski definition) is 2. The number of carbonyl (C=O) groups excluding carboxylic acids is 1. The molecule has 0 aliphatic carbocycles. The molecule has 2 N–H and O–H groups in total. The van der Waals surface area contributed by atoms with E-state index in [-0.39, 0.29) is 24.1 Å². The summed E-state index contributed by atoms with van der Waals surface area (Å²) in [6, 6.07) is 1.98. The molecule has 1 aromatic rings. The third-order valence-electron chi connectivity index (χ3n) is 2.31. The monoisotopic (exact) mass is 243 g/mol. The van der Waals surface area contributed by atoms with E-state index in [1.165, 1.54) is 6.92 Å². The number of benzene rings is 1. The maximum Gasteiger partial charge on any atom is 0.224 e. The Bertz CT molecular complexity index is 419. The van der Waals surface area contributed by atoms with E-state index in [1.54, 1.807) is 6.92 Å². The van der Waals surface area contributed by atoms with Gasteiger partial charge in [-0.2, -0.15) is 0 Å². The Kier molecular flexibility index (Phi) is 4.57. The van der Waals surface area contributed by atoms with Gasteiger partial charge in [-0.1, -0.05) is 0 Å². The van der Waals surface area contributed by atoms with Gasteiger partial charge in [0.05, 0.1) is 11.8 Å². The van der Waals surface area contributed by atoms with Crippen molar-refractivity contribution in [3.63, 3.8) is 0 Å². The standard InChI is InChI=1S/C12H15F2NO2/c1-7-5-10(14)11(6-9(7)13)15-12(17)4-3-8(2)16/h5-6,8,16H,3-4H2,1-2H3,(H,15,17). The zero-order valence-electron chi connectivity index (χ0n) is 9.76. The van der Waals surface area contributed by atoms with Crippen molar-refractivity contribution in [1.82, 2.24) is 0 Å². The van der Waals surface area contributed by atoms with Crippen LogP contribution in [0.1, 0.15) is 25.3 Å². The number of nitrogens with one attached hydrogen (secondary N) is 1. The van der Waals surface area contributed by atoms with Crippen molar-refractivity contribution in [1.29, 1.82) is 0 Å². The van der Waals surface area contributed by atoms with E-state index in [9.17, 15) is 13.6 Å². The Balaban J connectivity index is 2.68. The molecule has 0 heterocycles. The van der Waals surface area contributed by atoms with Gasteiger partial charge in [0, 0.05) is 12.5 Å². The number of amides is 1. The van der Waals surface area contributed by atoms with Crippen LogP contribution in [0.5, 0.6) is 0 Å². The lowest BCUT2D eigenvalue weighted by Crippen LogP contribution is -2.15. The number of aliphatic hydroxyl groups is 1. The number of anilines is 1. The summed E-state index contributed by atoms with van der Waals surface area (Å²) in [5.41, 5.74) is 0.00757. The van der Waals surface area contributed by atoms with Crippen molar-refractivity contribution in [2.24, 2.45) is 0 Å². The lowest BCUT2D eigenvalue weighted by atomic mass is 10.2. The predicted molar refractivity (Wildman–Crippen MR) is 60.6 cm³/mol. The zero-order valence-corrected chi connectivity index (χ0v) is 9.76. The second-order valence-electron chi connectivity index (χ2n) is 4.02. The molecule has 0 spiro atoms. The fourth-order valence-electron chi connectivity index (χ4n) is 1.29. The van der Waals surface area contributed by atoms with Crippen LogP contribution in [-0.2, 0) is 4.79 Å². The molecule has 17 heavy (non-hydrogen) atoms. The number of carbonyl (C=O) groups is 1. The van der Waals surface area contributed by atoms with Crippen LogP contribution < -0.4 is 5.32 Å². The highest BCUT2D eigenvalue weighted by Crippen LogP contribution is 2.19. The lowest BCUT2D eigenvalue weighted by molar-refractivity contribution is -0.116. The van der Waals surface area contributed by atoms with Gasteiger partial charge in [0.2, 0.25) is 5.91 Å². The fraction of sp³-hybridized carbons (Fsp3) is 0.417. The first-order chi connectivity index (χ1) is 7.90. The van der Waals surface area contributed by atoms with Gasteiger partial charge >= 0.3 is 0 Å². The van der Waals surface area contributed by atoms with E-state index >= 15 is 0 Å². The van der Waals surface area contributed by atoms with E-state index < -0.39 is 23.6 Å². The maximum atomic E-state index is 13.4. The highest BCUT2D eigenvalue weighted by molar-refractivity contribution is 5.90. The van der Waals surface area contributed by atoms with Crippen LogP contribution in [0.4, 0.5) is 14.5 Å². The summed E-state index contributed by atoms with van der Waals surface area (Å²) in [6.45, 7) is 3.00. The summed E-state index contributed by atoms with van der Waals surface area (Å²) >= 11 is 0.